The second kappa shape index (κ2) is 14.8. The van der Waals surface area contributed by atoms with Crippen LogP contribution < -0.4 is 4.90 Å². The van der Waals surface area contributed by atoms with Crippen molar-refractivity contribution in [2.45, 2.75) is 71.9 Å². The van der Waals surface area contributed by atoms with E-state index in [0.717, 1.165) is 19.3 Å². The maximum atomic E-state index is 11.3. The van der Waals surface area contributed by atoms with Gasteiger partial charge in [0.25, 0.3) is 0 Å². The van der Waals surface area contributed by atoms with Crippen LogP contribution in [0.2, 0.25) is 0 Å². The minimum absolute atomic E-state index is 0.0258. The lowest BCUT2D eigenvalue weighted by Gasteiger charge is -2.21. The fourth-order valence-corrected chi connectivity index (χ4v) is 2.71. The Morgan fingerprint density at radius 3 is 2.26 bits per heavy atom. The highest BCUT2D eigenvalue weighted by Crippen LogP contribution is 2.05. The smallest absolute Gasteiger partial charge is 0.325 e. The van der Waals surface area contributed by atoms with Gasteiger partial charge in [-0.3, -0.25) is 13.9 Å². The molecule has 0 bridgehead atoms. The van der Waals surface area contributed by atoms with Gasteiger partial charge in [0.05, 0.1) is 26.5 Å². The Balaban J connectivity index is 0.000000503. The normalized spacial score (nSPS) is 18.9. The third kappa shape index (κ3) is 14.6. The van der Waals surface area contributed by atoms with Crippen molar-refractivity contribution in [1.29, 1.82) is 0 Å². The number of ether oxygens (including phenoxy) is 1. The summed E-state index contributed by atoms with van der Waals surface area (Å²) in [5.41, 5.74) is 0. The first-order valence-corrected chi connectivity index (χ1v) is 11.1. The van der Waals surface area contributed by atoms with Crippen molar-refractivity contribution >= 4 is 16.4 Å². The molecule has 2 atom stereocenters. The van der Waals surface area contributed by atoms with Crippen LogP contribution in [0.3, 0.4) is 0 Å². The Labute approximate surface area is 164 Å². The van der Waals surface area contributed by atoms with E-state index in [2.05, 4.69) is 25.1 Å². The van der Waals surface area contributed by atoms with Crippen LogP contribution >= 0.6 is 0 Å². The highest BCUT2D eigenvalue weighted by atomic mass is 32.3. The minimum atomic E-state index is -4.47. The van der Waals surface area contributed by atoms with Gasteiger partial charge in [-0.05, 0) is 12.8 Å². The molecule has 8 nitrogen and oxygen atoms in total. The molecule has 0 saturated heterocycles. The van der Waals surface area contributed by atoms with Gasteiger partial charge in [-0.15, -0.1) is 0 Å². The van der Waals surface area contributed by atoms with Gasteiger partial charge < -0.3 is 14.2 Å². The molecule has 0 saturated carbocycles. The van der Waals surface area contributed by atoms with Gasteiger partial charge in [0.1, 0.15) is 12.7 Å². The zero-order valence-corrected chi connectivity index (χ0v) is 17.9. The molecule has 160 valence electrons. The molecule has 1 N–H and O–H groups in total. The minimum Gasteiger partial charge on any atom is -0.726 e. The monoisotopic (exact) mass is 408 g/mol. The predicted octanol–water partition coefficient (Wildman–Crippen LogP) is 1.41. The topological polar surface area (TPSA) is 100 Å². The number of hydrogen-bond acceptors (Lipinski definition) is 7. The maximum absolute atomic E-state index is 11.3. The fourth-order valence-electron chi connectivity index (χ4n) is 2.39. The lowest BCUT2D eigenvalue weighted by molar-refractivity contribution is -0.854. The number of unbranched alkanes of at least 4 members (excludes halogenated alkanes) is 5. The van der Waals surface area contributed by atoms with E-state index in [1.165, 1.54) is 24.2 Å². The van der Waals surface area contributed by atoms with Gasteiger partial charge in [-0.1, -0.05) is 46.0 Å². The molecule has 1 aliphatic rings. The third-order valence-corrected chi connectivity index (χ3v) is 4.65. The van der Waals surface area contributed by atoms with Gasteiger partial charge in [0.15, 0.2) is 6.17 Å². The Kier molecular flexibility index (Phi) is 14.2. The molecule has 1 heterocycles. The van der Waals surface area contributed by atoms with Crippen LogP contribution in [0.1, 0.15) is 65.7 Å². The number of nitrogens with one attached hydrogen (secondary N) is 1. The number of esters is 1. The molecule has 0 fully saturated rings. The van der Waals surface area contributed by atoms with Crippen LogP contribution in [0.15, 0.2) is 12.4 Å². The average molecular weight is 409 g/mol. The molecule has 0 aromatic carbocycles. The Morgan fingerprint density at radius 1 is 1.11 bits per heavy atom. The first-order valence-electron chi connectivity index (χ1n) is 9.74. The van der Waals surface area contributed by atoms with E-state index in [1.807, 2.05) is 24.2 Å². The van der Waals surface area contributed by atoms with Crippen molar-refractivity contribution in [1.82, 2.24) is 4.90 Å². The largest absolute Gasteiger partial charge is 0.726 e. The Morgan fingerprint density at radius 2 is 1.74 bits per heavy atom. The van der Waals surface area contributed by atoms with Crippen molar-refractivity contribution < 1.29 is 31.6 Å². The molecular weight excluding hydrogens is 372 g/mol. The van der Waals surface area contributed by atoms with Crippen LogP contribution in [0.5, 0.6) is 0 Å². The number of nitrogens with zero attached hydrogens (tertiary/aromatic N) is 1. The van der Waals surface area contributed by atoms with Gasteiger partial charge in [0.2, 0.25) is 10.4 Å². The number of carbonyl (C=O) groups excluding carboxylic acids is 1. The summed E-state index contributed by atoms with van der Waals surface area (Å²) in [5.74, 6) is -0.141. The van der Waals surface area contributed by atoms with Crippen molar-refractivity contribution in [3.8, 4) is 0 Å². The maximum Gasteiger partial charge on any atom is 0.325 e. The van der Waals surface area contributed by atoms with Crippen molar-refractivity contribution in [2.75, 3.05) is 26.8 Å². The van der Waals surface area contributed by atoms with E-state index in [9.17, 15) is 17.8 Å². The second-order valence-corrected chi connectivity index (χ2v) is 7.68. The number of rotatable bonds is 12. The number of hydrogen-bond donors (Lipinski definition) is 1. The summed E-state index contributed by atoms with van der Waals surface area (Å²) in [5, 5.41) is 0. The van der Waals surface area contributed by atoms with Crippen LogP contribution in [0.25, 0.3) is 0 Å². The third-order valence-electron chi connectivity index (χ3n) is 4.19. The van der Waals surface area contributed by atoms with E-state index < -0.39 is 10.4 Å². The SMILES string of the molecule is CCCCCCCCOS(=O)(=O)[O-].CCCOC(=O)CN1C=C[NH+](C)C1C. The van der Waals surface area contributed by atoms with Crippen LogP contribution in [-0.4, -0.2) is 56.8 Å². The standard InChI is InChI=1S/C10H18N2O2.C8H18O4S/c1-4-7-14-10(13)8-12-6-5-11(3)9(12)2;1-2-3-4-5-6-7-8-12-13(9,10)11/h5-6,9H,4,7-8H2,1-3H3;2-8H2,1H3,(H,9,10,11). The van der Waals surface area contributed by atoms with E-state index in [1.54, 1.807) is 0 Å². The zero-order chi connectivity index (χ0) is 20.7. The van der Waals surface area contributed by atoms with Crippen molar-refractivity contribution in [2.24, 2.45) is 0 Å². The molecule has 27 heavy (non-hydrogen) atoms. The summed E-state index contributed by atoms with van der Waals surface area (Å²) in [7, 11) is -2.40. The Hall–Kier alpha value is -1.16. The van der Waals surface area contributed by atoms with Crippen molar-refractivity contribution in [3.63, 3.8) is 0 Å². The van der Waals surface area contributed by atoms with Gasteiger partial charge >= 0.3 is 5.97 Å². The highest BCUT2D eigenvalue weighted by Gasteiger charge is 2.25. The molecule has 1 rings (SSSR count). The highest BCUT2D eigenvalue weighted by molar-refractivity contribution is 7.80. The van der Waals surface area contributed by atoms with Gasteiger partial charge in [0, 0.05) is 6.92 Å². The summed E-state index contributed by atoms with van der Waals surface area (Å²) in [6, 6.07) is 0. The Bertz CT molecular complexity index is 524. The second-order valence-electron chi connectivity index (χ2n) is 6.63. The summed E-state index contributed by atoms with van der Waals surface area (Å²) in [6.07, 6.45) is 11.4. The molecule has 0 spiro atoms. The van der Waals surface area contributed by atoms with Crippen molar-refractivity contribution in [3.05, 3.63) is 12.4 Å². The quantitative estimate of drug-likeness (QED) is 0.225. The van der Waals surface area contributed by atoms with E-state index in [4.69, 9.17) is 4.74 Å². The summed E-state index contributed by atoms with van der Waals surface area (Å²) >= 11 is 0. The summed E-state index contributed by atoms with van der Waals surface area (Å²) in [6.45, 7) is 7.11. The molecule has 0 aromatic heterocycles. The summed E-state index contributed by atoms with van der Waals surface area (Å²) < 4.78 is 39.0. The van der Waals surface area contributed by atoms with Gasteiger partial charge in [-0.2, -0.15) is 0 Å². The molecule has 0 amide bonds. The van der Waals surface area contributed by atoms with E-state index >= 15 is 0 Å². The summed E-state index contributed by atoms with van der Waals surface area (Å²) in [4.78, 5) is 14.6. The zero-order valence-electron chi connectivity index (χ0n) is 17.1. The first kappa shape index (κ1) is 25.8. The molecule has 9 heteroatoms. The fraction of sp³-hybridized carbons (Fsp3) is 0.833. The predicted molar refractivity (Wildman–Crippen MR) is 102 cm³/mol. The lowest BCUT2D eigenvalue weighted by Crippen LogP contribution is -3.08. The van der Waals surface area contributed by atoms with Crippen LogP contribution in [0.4, 0.5) is 0 Å². The van der Waals surface area contributed by atoms with Gasteiger partial charge in [-0.25, -0.2) is 8.42 Å². The average Bonchev–Trinajstić information content (AvgIpc) is 2.91. The number of quaternary nitrogens is 1. The molecule has 1 aliphatic heterocycles. The number of carbonyl (C=O) groups is 1. The molecular formula is C18H36N2O6S. The lowest BCUT2D eigenvalue weighted by atomic mass is 10.1. The van der Waals surface area contributed by atoms with E-state index in [0.29, 0.717) is 25.7 Å². The van der Waals surface area contributed by atoms with Crippen LogP contribution in [-0.2, 0) is 24.1 Å². The molecule has 0 aliphatic carbocycles. The van der Waals surface area contributed by atoms with Crippen LogP contribution in [0, 0.1) is 0 Å². The van der Waals surface area contributed by atoms with E-state index in [-0.39, 0.29) is 12.6 Å². The molecule has 2 unspecified atom stereocenters. The molecule has 0 radical (unpaired) electrons. The first-order chi connectivity index (χ1) is 12.7. The molecule has 0 aromatic rings.